The van der Waals surface area contributed by atoms with Crippen LogP contribution in [0.1, 0.15) is 9.67 Å². The van der Waals surface area contributed by atoms with Crippen LogP contribution in [-0.2, 0) is 4.74 Å². The average molecular weight is 457 g/mol. The topological polar surface area (TPSA) is 92.1 Å². The minimum atomic E-state index is -0.624. The number of benzene rings is 1. The largest absolute Gasteiger partial charge is 0.465 e. The van der Waals surface area contributed by atoms with E-state index in [1.54, 1.807) is 25.2 Å². The molecule has 2 amide bonds. The molecule has 0 spiro atoms. The van der Waals surface area contributed by atoms with Gasteiger partial charge in [0.2, 0.25) is 0 Å². The summed E-state index contributed by atoms with van der Waals surface area (Å²) >= 11 is 7.43. The maximum absolute atomic E-state index is 12.7. The van der Waals surface area contributed by atoms with Crippen LogP contribution in [0.25, 0.3) is 10.4 Å². The molecule has 0 saturated carbocycles. The van der Waals surface area contributed by atoms with Crippen molar-refractivity contribution in [3.05, 3.63) is 76.4 Å². The number of halogens is 1. The Hall–Kier alpha value is -3.49. The van der Waals surface area contributed by atoms with Crippen molar-refractivity contribution in [1.29, 1.82) is 0 Å². The molecule has 1 aromatic carbocycles. The Bertz CT molecular complexity index is 1100. The quantitative estimate of drug-likeness (QED) is 0.319. The van der Waals surface area contributed by atoms with E-state index in [0.717, 1.165) is 16.9 Å². The molecule has 2 rings (SSSR count). The van der Waals surface area contributed by atoms with Gasteiger partial charge in [-0.05, 0) is 24.4 Å². The number of carbonyl (C=O) groups is 2. The zero-order chi connectivity index (χ0) is 23.0. The van der Waals surface area contributed by atoms with Gasteiger partial charge in [-0.3, -0.25) is 9.98 Å². The van der Waals surface area contributed by atoms with Gasteiger partial charge in [0.15, 0.2) is 0 Å². The van der Waals surface area contributed by atoms with Gasteiger partial charge in [-0.1, -0.05) is 49.0 Å². The Labute approximate surface area is 189 Å². The second-order valence-electron chi connectivity index (χ2n) is 5.94. The summed E-state index contributed by atoms with van der Waals surface area (Å²) in [4.78, 5) is 33.7. The summed E-state index contributed by atoms with van der Waals surface area (Å²) in [5, 5.41) is 5.82. The van der Waals surface area contributed by atoms with Gasteiger partial charge < -0.3 is 15.4 Å². The summed E-state index contributed by atoms with van der Waals surface area (Å²) in [5.41, 5.74) is 2.03. The van der Waals surface area contributed by atoms with Crippen molar-refractivity contribution in [2.75, 3.05) is 19.5 Å². The number of aliphatic imine (C=N–C) groups is 2. The van der Waals surface area contributed by atoms with Crippen LogP contribution >= 0.6 is 22.9 Å². The number of hydrogen-bond donors (Lipinski definition) is 2. The van der Waals surface area contributed by atoms with Crippen LogP contribution in [0.2, 0.25) is 5.02 Å². The third-order valence-corrected chi connectivity index (χ3v) is 5.44. The molecule has 1 aromatic heterocycles. The highest BCUT2D eigenvalue weighted by Gasteiger charge is 2.21. The van der Waals surface area contributed by atoms with Gasteiger partial charge in [-0.15, -0.1) is 11.3 Å². The molecule has 0 aliphatic rings. The Morgan fingerprint density at radius 2 is 2.00 bits per heavy atom. The zero-order valence-corrected chi connectivity index (χ0v) is 18.6. The maximum Gasteiger partial charge on any atom is 0.350 e. The Balaban J connectivity index is 2.41. The van der Waals surface area contributed by atoms with Crippen LogP contribution in [0.5, 0.6) is 0 Å². The lowest BCUT2D eigenvalue weighted by Gasteiger charge is -2.11. The number of carbonyl (C=O) groups excluding carboxylic acids is 2. The van der Waals surface area contributed by atoms with Crippen LogP contribution in [0, 0.1) is 0 Å². The van der Waals surface area contributed by atoms with Crippen LogP contribution in [-0.4, -0.2) is 39.1 Å². The smallest absolute Gasteiger partial charge is 0.350 e. The normalized spacial score (nSPS) is 11.5. The van der Waals surface area contributed by atoms with Gasteiger partial charge in [-0.25, -0.2) is 9.59 Å². The van der Waals surface area contributed by atoms with Crippen LogP contribution in [0.4, 0.5) is 10.5 Å². The number of anilines is 1. The number of amides is 2. The predicted octanol–water partition coefficient (Wildman–Crippen LogP) is 5.33. The summed E-state index contributed by atoms with van der Waals surface area (Å²) in [6.45, 7) is 11.0. The second-order valence-corrected chi connectivity index (χ2v) is 7.40. The van der Waals surface area contributed by atoms with Gasteiger partial charge in [0.25, 0.3) is 0 Å². The molecule has 31 heavy (non-hydrogen) atoms. The molecule has 1 heterocycles. The number of methoxy groups -OCH3 is 1. The Morgan fingerprint density at radius 1 is 1.29 bits per heavy atom. The van der Waals surface area contributed by atoms with E-state index in [4.69, 9.17) is 16.3 Å². The van der Waals surface area contributed by atoms with Gasteiger partial charge in [0.1, 0.15) is 4.88 Å². The first-order valence-electron chi connectivity index (χ1n) is 8.86. The highest BCUT2D eigenvalue weighted by atomic mass is 35.5. The molecular formula is C22H21ClN4O3S. The lowest BCUT2D eigenvalue weighted by atomic mass is 10.2. The molecule has 0 unspecified atom stereocenters. The number of ether oxygens (including phenoxy) is 1. The number of nitrogens with zero attached hydrogens (tertiary/aromatic N) is 2. The molecule has 2 N–H and O–H groups in total. The van der Waals surface area contributed by atoms with Crippen LogP contribution in [0.15, 0.2) is 76.5 Å². The summed E-state index contributed by atoms with van der Waals surface area (Å²) in [5.74, 6) is -0.585. The summed E-state index contributed by atoms with van der Waals surface area (Å²) in [7, 11) is 2.81. The fraction of sp³-hybridized carbons (Fsp3) is 0.0909. The van der Waals surface area contributed by atoms with Crippen molar-refractivity contribution in [2.45, 2.75) is 0 Å². The lowest BCUT2D eigenvalue weighted by molar-refractivity contribution is 0.0607. The Kier molecular flexibility index (Phi) is 8.48. The van der Waals surface area contributed by atoms with E-state index >= 15 is 0 Å². The molecule has 9 heteroatoms. The maximum atomic E-state index is 12.7. The van der Waals surface area contributed by atoms with Crippen molar-refractivity contribution < 1.29 is 14.3 Å². The minimum Gasteiger partial charge on any atom is -0.465 e. The molecule has 160 valence electrons. The minimum absolute atomic E-state index is 0.222. The van der Waals surface area contributed by atoms with Gasteiger partial charge in [0, 0.05) is 28.7 Å². The summed E-state index contributed by atoms with van der Waals surface area (Å²) in [6, 6.07) is 8.23. The van der Waals surface area contributed by atoms with Crippen molar-refractivity contribution in [1.82, 2.24) is 5.32 Å². The van der Waals surface area contributed by atoms with E-state index < -0.39 is 12.0 Å². The number of urea groups is 1. The monoisotopic (exact) mass is 456 g/mol. The standard InChI is InChI=1S/C22H21ClN4O3S/c1-6-13(2)19(25-4)17(12-24-3)27-22(29)26-16-11-18(31-20(16)21(28)30-5)14-9-7-8-10-15(14)23/h6-12H,1-2,4H2,3,5H3,(H2,26,27,29)/b19-17-,24-12?. The third kappa shape index (κ3) is 5.78. The van der Waals surface area contributed by atoms with E-state index in [2.05, 4.69) is 40.5 Å². The summed E-state index contributed by atoms with van der Waals surface area (Å²) < 4.78 is 4.85. The first-order chi connectivity index (χ1) is 14.9. The number of allylic oxidation sites excluding steroid dienone is 2. The number of thiophene rings is 1. The van der Waals surface area contributed by atoms with Crippen molar-refractivity contribution in [3.8, 4) is 10.4 Å². The molecule has 0 aliphatic heterocycles. The van der Waals surface area contributed by atoms with E-state index in [9.17, 15) is 9.59 Å². The van der Waals surface area contributed by atoms with Crippen molar-refractivity contribution in [3.63, 3.8) is 0 Å². The van der Waals surface area contributed by atoms with Crippen molar-refractivity contribution >= 4 is 53.6 Å². The SMILES string of the molecule is C=CC(=C)/C(N=C)=C(\C=NC)NC(=O)Nc1cc(-c2ccccc2Cl)sc1C(=O)OC. The first-order valence-corrected chi connectivity index (χ1v) is 10.1. The predicted molar refractivity (Wildman–Crippen MR) is 129 cm³/mol. The first kappa shape index (κ1) is 23.8. The van der Waals surface area contributed by atoms with Gasteiger partial charge in [-0.2, -0.15) is 0 Å². The molecule has 0 aliphatic carbocycles. The fourth-order valence-electron chi connectivity index (χ4n) is 2.54. The van der Waals surface area contributed by atoms with E-state index in [1.165, 1.54) is 19.4 Å². The van der Waals surface area contributed by atoms with Crippen LogP contribution < -0.4 is 10.6 Å². The molecular weight excluding hydrogens is 436 g/mol. The van der Waals surface area contributed by atoms with Crippen LogP contribution in [0.3, 0.4) is 0 Å². The second kappa shape index (κ2) is 11.1. The lowest BCUT2D eigenvalue weighted by Crippen LogP contribution is -2.30. The average Bonchev–Trinajstić information content (AvgIpc) is 3.17. The molecule has 0 fully saturated rings. The molecule has 7 nitrogen and oxygen atoms in total. The van der Waals surface area contributed by atoms with Gasteiger partial charge in [0.05, 0.1) is 24.2 Å². The summed E-state index contributed by atoms with van der Waals surface area (Å²) in [6.07, 6.45) is 2.89. The molecule has 0 saturated heterocycles. The van der Waals surface area contributed by atoms with E-state index in [1.807, 2.05) is 12.1 Å². The number of hydrogen-bond acceptors (Lipinski definition) is 6. The molecule has 0 bridgehead atoms. The highest BCUT2D eigenvalue weighted by molar-refractivity contribution is 7.18. The molecule has 0 atom stereocenters. The highest BCUT2D eigenvalue weighted by Crippen LogP contribution is 2.38. The molecule has 2 aromatic rings. The number of rotatable bonds is 8. The third-order valence-electron chi connectivity index (χ3n) is 3.96. The van der Waals surface area contributed by atoms with Crippen molar-refractivity contribution in [2.24, 2.45) is 9.98 Å². The van der Waals surface area contributed by atoms with E-state index in [-0.39, 0.29) is 16.3 Å². The number of esters is 1. The zero-order valence-electron chi connectivity index (χ0n) is 17.1. The molecule has 0 radical (unpaired) electrons. The van der Waals surface area contributed by atoms with Gasteiger partial charge >= 0.3 is 12.0 Å². The Morgan fingerprint density at radius 3 is 2.58 bits per heavy atom. The number of nitrogens with one attached hydrogen (secondary N) is 2. The fourth-order valence-corrected chi connectivity index (χ4v) is 3.90. The van der Waals surface area contributed by atoms with E-state index in [0.29, 0.717) is 21.2 Å².